The number of benzene rings is 1. The molecule has 30 heavy (non-hydrogen) atoms. The van der Waals surface area contributed by atoms with E-state index in [4.69, 9.17) is 4.52 Å². The highest BCUT2D eigenvalue weighted by Crippen LogP contribution is 2.23. The number of aromatic nitrogens is 3. The lowest BCUT2D eigenvalue weighted by Gasteiger charge is -2.23. The van der Waals surface area contributed by atoms with Crippen LogP contribution in [0.4, 0.5) is 5.82 Å². The Morgan fingerprint density at radius 2 is 1.97 bits per heavy atom. The molecule has 2 aromatic heterocycles. The molecule has 8 nitrogen and oxygen atoms in total. The predicted molar refractivity (Wildman–Crippen MR) is 121 cm³/mol. The normalized spacial score (nSPS) is 16.6. The van der Waals surface area contributed by atoms with Gasteiger partial charge in [0.25, 0.3) is 0 Å². The van der Waals surface area contributed by atoms with Crippen LogP contribution >= 0.6 is 15.9 Å². The van der Waals surface area contributed by atoms with E-state index in [9.17, 15) is 0 Å². The molecular weight excluding hydrogens is 446 g/mol. The van der Waals surface area contributed by atoms with Crippen molar-refractivity contribution >= 4 is 28.0 Å². The van der Waals surface area contributed by atoms with Gasteiger partial charge in [-0.25, -0.2) is 0 Å². The van der Waals surface area contributed by atoms with Gasteiger partial charge in [0.2, 0.25) is 0 Å². The summed E-state index contributed by atoms with van der Waals surface area (Å²) in [7, 11) is 0. The molecule has 1 aliphatic rings. The first-order valence-electron chi connectivity index (χ1n) is 9.65. The van der Waals surface area contributed by atoms with Crippen molar-refractivity contribution in [1.82, 2.24) is 26.0 Å². The summed E-state index contributed by atoms with van der Waals surface area (Å²) in [6.07, 6.45) is 1.43. The van der Waals surface area contributed by atoms with Crippen molar-refractivity contribution in [1.29, 1.82) is 0 Å². The molecule has 0 bridgehead atoms. The molecule has 1 aromatic carbocycles. The van der Waals surface area contributed by atoms with Crippen molar-refractivity contribution in [2.45, 2.75) is 39.0 Å². The molecule has 1 atom stereocenters. The lowest BCUT2D eigenvalue weighted by Crippen LogP contribution is -2.43. The number of anilines is 1. The van der Waals surface area contributed by atoms with E-state index in [1.807, 2.05) is 42.5 Å². The summed E-state index contributed by atoms with van der Waals surface area (Å²) in [5, 5.41) is 21.5. The molecule has 0 aliphatic carbocycles. The first-order valence-corrected chi connectivity index (χ1v) is 10.4. The Bertz CT molecular complexity index is 1060. The van der Waals surface area contributed by atoms with Crippen LogP contribution in [0, 0.1) is 0 Å². The fourth-order valence-electron chi connectivity index (χ4n) is 2.88. The fourth-order valence-corrected chi connectivity index (χ4v) is 3.22. The minimum Gasteiger partial charge on any atom is -0.359 e. The Morgan fingerprint density at radius 3 is 2.70 bits per heavy atom. The summed E-state index contributed by atoms with van der Waals surface area (Å²) in [4.78, 5) is 4.44. The second kappa shape index (κ2) is 8.45. The van der Waals surface area contributed by atoms with Crippen LogP contribution in [0.25, 0.3) is 11.3 Å². The van der Waals surface area contributed by atoms with Gasteiger partial charge in [-0.1, -0.05) is 56.3 Å². The molecule has 156 valence electrons. The summed E-state index contributed by atoms with van der Waals surface area (Å²) < 4.78 is 6.26. The molecule has 1 aliphatic heterocycles. The summed E-state index contributed by atoms with van der Waals surface area (Å²) >= 11 is 3.52. The van der Waals surface area contributed by atoms with Crippen LogP contribution in [0.15, 0.2) is 62.3 Å². The lowest BCUT2D eigenvalue weighted by atomic mass is 9.92. The smallest absolute Gasteiger partial charge is 0.175 e. The van der Waals surface area contributed by atoms with Crippen molar-refractivity contribution in [2.24, 2.45) is 4.99 Å². The highest BCUT2D eigenvalue weighted by molar-refractivity contribution is 9.12. The molecule has 0 spiro atoms. The number of H-pyrrole nitrogens is 1. The second-order valence-electron chi connectivity index (χ2n) is 8.02. The molecule has 0 fully saturated rings. The van der Waals surface area contributed by atoms with E-state index >= 15 is 0 Å². The molecule has 9 heteroatoms. The van der Waals surface area contributed by atoms with Crippen LogP contribution in [-0.2, 0) is 12.0 Å². The third-order valence-corrected chi connectivity index (χ3v) is 5.20. The maximum Gasteiger partial charge on any atom is 0.175 e. The number of allylic oxidation sites excluding steroid dienone is 1. The Balaban J connectivity index is 1.35. The zero-order chi connectivity index (χ0) is 21.1. The second-order valence-corrected chi connectivity index (χ2v) is 8.87. The highest BCUT2D eigenvalue weighted by Gasteiger charge is 2.19. The van der Waals surface area contributed by atoms with E-state index in [1.165, 1.54) is 0 Å². The molecule has 4 rings (SSSR count). The molecule has 3 aromatic rings. The van der Waals surface area contributed by atoms with Gasteiger partial charge in [-0.2, -0.15) is 5.10 Å². The predicted octanol–water partition coefficient (Wildman–Crippen LogP) is 4.09. The van der Waals surface area contributed by atoms with Gasteiger partial charge < -0.3 is 15.2 Å². The summed E-state index contributed by atoms with van der Waals surface area (Å²) in [6.45, 7) is 6.89. The number of rotatable bonds is 6. The van der Waals surface area contributed by atoms with Crippen LogP contribution in [0.5, 0.6) is 0 Å². The lowest BCUT2D eigenvalue weighted by molar-refractivity contribution is 0.358. The molecule has 0 amide bonds. The number of halogens is 1. The molecule has 0 saturated heterocycles. The van der Waals surface area contributed by atoms with E-state index in [0.717, 1.165) is 38.8 Å². The Labute approximate surface area is 183 Å². The largest absolute Gasteiger partial charge is 0.359 e. The van der Waals surface area contributed by atoms with Gasteiger partial charge in [-0.3, -0.25) is 15.4 Å². The summed E-state index contributed by atoms with van der Waals surface area (Å²) in [5.74, 6) is 2.24. The van der Waals surface area contributed by atoms with Crippen LogP contribution in [0.2, 0.25) is 0 Å². The number of hydrogen-bond acceptors (Lipinski definition) is 7. The van der Waals surface area contributed by atoms with Crippen LogP contribution in [-0.4, -0.2) is 27.9 Å². The average Bonchev–Trinajstić information content (AvgIpc) is 3.39. The van der Waals surface area contributed by atoms with Gasteiger partial charge in [0, 0.05) is 35.0 Å². The van der Waals surface area contributed by atoms with Gasteiger partial charge >= 0.3 is 0 Å². The average molecular weight is 470 g/mol. The van der Waals surface area contributed by atoms with Gasteiger partial charge in [-0.05, 0) is 15.9 Å². The maximum atomic E-state index is 5.45. The maximum absolute atomic E-state index is 5.45. The molecule has 4 N–H and O–H groups in total. The van der Waals surface area contributed by atoms with E-state index < -0.39 is 0 Å². The molecule has 3 heterocycles. The van der Waals surface area contributed by atoms with E-state index in [0.29, 0.717) is 6.54 Å². The van der Waals surface area contributed by atoms with Crippen molar-refractivity contribution in [3.05, 3.63) is 64.2 Å². The summed E-state index contributed by atoms with van der Waals surface area (Å²) in [6, 6.07) is 13.9. The number of nitrogens with one attached hydrogen (secondary N) is 4. The van der Waals surface area contributed by atoms with E-state index in [1.54, 1.807) is 6.21 Å². The third kappa shape index (κ3) is 4.80. The molecular formula is C21H24BrN7O. The SMILES string of the molecule is CC(C)(C)c1cc(NC2=C(Br)C=NC(NCc3cc(-c4ccccc4)no3)N2)n[nH]1. The Hall–Kier alpha value is -2.91. The van der Waals surface area contributed by atoms with Crippen molar-refractivity contribution in [2.75, 3.05) is 5.32 Å². The Kier molecular flexibility index (Phi) is 5.74. The monoisotopic (exact) mass is 469 g/mol. The quantitative estimate of drug-likeness (QED) is 0.433. The number of aliphatic imine (C=N–C) groups is 1. The number of nitrogens with zero attached hydrogens (tertiary/aromatic N) is 3. The highest BCUT2D eigenvalue weighted by atomic mass is 79.9. The zero-order valence-electron chi connectivity index (χ0n) is 17.0. The summed E-state index contributed by atoms with van der Waals surface area (Å²) in [5.41, 5.74) is 2.89. The van der Waals surface area contributed by atoms with Crippen LogP contribution < -0.4 is 16.0 Å². The van der Waals surface area contributed by atoms with Crippen LogP contribution in [0.1, 0.15) is 32.2 Å². The van der Waals surface area contributed by atoms with Gasteiger partial charge in [0.1, 0.15) is 11.5 Å². The zero-order valence-corrected chi connectivity index (χ0v) is 18.6. The molecule has 1 unspecified atom stereocenters. The van der Waals surface area contributed by atoms with E-state index in [-0.39, 0.29) is 11.7 Å². The standard InChI is InChI=1S/C21H24BrN7O/c1-21(2,3)17-10-18(28-27-17)25-19-15(22)12-24-20(26-19)23-11-14-9-16(29-30-14)13-7-5-4-6-8-13/h4-10,12,20,23,26H,11H2,1-3H3,(H2,25,27,28). The van der Waals surface area contributed by atoms with Gasteiger partial charge in [0.15, 0.2) is 17.9 Å². The minimum absolute atomic E-state index is 0.000233. The molecule has 0 radical (unpaired) electrons. The fraction of sp³-hybridized carbons (Fsp3) is 0.286. The van der Waals surface area contributed by atoms with Gasteiger partial charge in [0.05, 0.1) is 11.0 Å². The minimum atomic E-state index is -0.319. The Morgan fingerprint density at radius 1 is 1.17 bits per heavy atom. The first-order chi connectivity index (χ1) is 14.4. The third-order valence-electron chi connectivity index (χ3n) is 4.59. The number of aromatic amines is 1. The van der Waals surface area contributed by atoms with Crippen molar-refractivity contribution < 1.29 is 4.52 Å². The van der Waals surface area contributed by atoms with Crippen molar-refractivity contribution in [3.63, 3.8) is 0 Å². The van der Waals surface area contributed by atoms with E-state index in [2.05, 4.69) is 73.0 Å². The van der Waals surface area contributed by atoms with Gasteiger partial charge in [-0.15, -0.1) is 0 Å². The topological polar surface area (TPSA) is 103 Å². The van der Waals surface area contributed by atoms with Crippen molar-refractivity contribution in [3.8, 4) is 11.3 Å². The first kappa shape index (κ1) is 20.4. The van der Waals surface area contributed by atoms with Crippen LogP contribution in [0.3, 0.4) is 0 Å². The number of hydrogen-bond donors (Lipinski definition) is 4. The molecule has 0 saturated carbocycles.